The molecular weight excluding hydrogens is 326 g/mol. The van der Waals surface area contributed by atoms with Gasteiger partial charge in [0.05, 0.1) is 12.6 Å². The van der Waals surface area contributed by atoms with Crippen molar-refractivity contribution in [2.24, 2.45) is 0 Å². The average Bonchev–Trinajstić information content (AvgIpc) is 3.10. The second-order valence-electron chi connectivity index (χ2n) is 6.17. The van der Waals surface area contributed by atoms with E-state index in [0.717, 1.165) is 27.4 Å². The van der Waals surface area contributed by atoms with E-state index < -0.39 is 6.04 Å². The van der Waals surface area contributed by atoms with Gasteiger partial charge >= 0.3 is 5.97 Å². The van der Waals surface area contributed by atoms with Crippen LogP contribution in [0.1, 0.15) is 5.56 Å². The number of methoxy groups -OCH3 is 1. The lowest BCUT2D eigenvalue weighted by atomic mass is 10.0. The van der Waals surface area contributed by atoms with Crippen molar-refractivity contribution in [3.63, 3.8) is 0 Å². The van der Waals surface area contributed by atoms with E-state index in [1.165, 1.54) is 7.11 Å². The van der Waals surface area contributed by atoms with Crippen molar-refractivity contribution in [1.82, 2.24) is 9.97 Å². The average molecular weight is 345 g/mol. The van der Waals surface area contributed by atoms with E-state index in [0.29, 0.717) is 12.2 Å². The summed E-state index contributed by atoms with van der Waals surface area (Å²) in [6, 6.07) is 19.3. The molecule has 2 N–H and O–H groups in total. The molecule has 1 atom stereocenters. The highest BCUT2D eigenvalue weighted by Crippen LogP contribution is 2.21. The number of pyridine rings is 1. The summed E-state index contributed by atoms with van der Waals surface area (Å²) in [5.41, 5.74) is 2.99. The SMILES string of the molecule is COC(=O)C(Cc1c[nH]c2ccccc12)Nc1ccc2ccccc2n1. The Morgan fingerprint density at radius 1 is 1.12 bits per heavy atom. The van der Waals surface area contributed by atoms with Gasteiger partial charge in [0.1, 0.15) is 11.9 Å². The summed E-state index contributed by atoms with van der Waals surface area (Å²) in [7, 11) is 1.40. The minimum Gasteiger partial charge on any atom is -0.467 e. The molecule has 0 aliphatic carbocycles. The third-order valence-electron chi connectivity index (χ3n) is 4.51. The molecule has 0 saturated heterocycles. The van der Waals surface area contributed by atoms with Crippen molar-refractivity contribution in [3.8, 4) is 0 Å². The van der Waals surface area contributed by atoms with E-state index in [9.17, 15) is 4.79 Å². The lowest BCUT2D eigenvalue weighted by molar-refractivity contribution is -0.141. The normalized spacial score (nSPS) is 12.2. The Labute approximate surface area is 151 Å². The fourth-order valence-electron chi connectivity index (χ4n) is 3.18. The molecule has 5 nitrogen and oxygen atoms in total. The van der Waals surface area contributed by atoms with Crippen LogP contribution in [0.5, 0.6) is 0 Å². The lowest BCUT2D eigenvalue weighted by Gasteiger charge is -2.17. The number of aromatic nitrogens is 2. The van der Waals surface area contributed by atoms with Crippen LogP contribution in [0.25, 0.3) is 21.8 Å². The van der Waals surface area contributed by atoms with Crippen LogP contribution in [-0.4, -0.2) is 29.1 Å². The van der Waals surface area contributed by atoms with E-state index >= 15 is 0 Å². The smallest absolute Gasteiger partial charge is 0.328 e. The van der Waals surface area contributed by atoms with Crippen molar-refractivity contribution in [2.45, 2.75) is 12.5 Å². The van der Waals surface area contributed by atoms with Crippen molar-refractivity contribution < 1.29 is 9.53 Å². The number of nitrogens with zero attached hydrogens (tertiary/aromatic N) is 1. The summed E-state index contributed by atoms with van der Waals surface area (Å²) >= 11 is 0. The standard InChI is InChI=1S/C21H19N3O2/c1-26-21(25)19(12-15-13-22-18-9-5-3-7-16(15)18)24-20-11-10-14-6-2-4-8-17(14)23-20/h2-11,13,19,22H,12H2,1H3,(H,23,24). The van der Waals surface area contributed by atoms with E-state index in [2.05, 4.69) is 15.3 Å². The number of para-hydroxylation sites is 2. The van der Waals surface area contributed by atoms with Gasteiger partial charge in [0, 0.05) is 28.9 Å². The Balaban J connectivity index is 1.63. The molecule has 0 bridgehead atoms. The molecule has 4 aromatic rings. The molecule has 2 heterocycles. The molecule has 5 heteroatoms. The third kappa shape index (κ3) is 3.11. The van der Waals surface area contributed by atoms with Gasteiger partial charge < -0.3 is 15.0 Å². The van der Waals surface area contributed by atoms with Gasteiger partial charge in [-0.05, 0) is 29.8 Å². The van der Waals surface area contributed by atoms with Gasteiger partial charge in [-0.2, -0.15) is 0 Å². The molecule has 130 valence electrons. The van der Waals surface area contributed by atoms with Crippen molar-refractivity contribution in [1.29, 1.82) is 0 Å². The van der Waals surface area contributed by atoms with Gasteiger partial charge in [-0.25, -0.2) is 9.78 Å². The summed E-state index contributed by atoms with van der Waals surface area (Å²) < 4.78 is 4.99. The summed E-state index contributed by atoms with van der Waals surface area (Å²) in [6.45, 7) is 0. The van der Waals surface area contributed by atoms with Crippen LogP contribution in [0.4, 0.5) is 5.82 Å². The molecule has 4 rings (SSSR count). The van der Waals surface area contributed by atoms with Crippen LogP contribution in [0.3, 0.4) is 0 Å². The van der Waals surface area contributed by atoms with Gasteiger partial charge in [0.2, 0.25) is 0 Å². The zero-order valence-electron chi connectivity index (χ0n) is 14.4. The molecule has 0 saturated carbocycles. The molecule has 1 unspecified atom stereocenters. The van der Waals surface area contributed by atoms with Gasteiger partial charge in [-0.1, -0.05) is 36.4 Å². The quantitative estimate of drug-likeness (QED) is 0.538. The number of rotatable bonds is 5. The number of hydrogen-bond donors (Lipinski definition) is 2. The Morgan fingerprint density at radius 2 is 1.92 bits per heavy atom. The molecule has 2 aromatic heterocycles. The first-order valence-corrected chi connectivity index (χ1v) is 8.50. The first-order chi connectivity index (χ1) is 12.7. The number of aromatic amines is 1. The number of hydrogen-bond acceptors (Lipinski definition) is 4. The highest BCUT2D eigenvalue weighted by molar-refractivity contribution is 5.86. The summed E-state index contributed by atoms with van der Waals surface area (Å²) in [5, 5.41) is 5.39. The molecule has 0 fully saturated rings. The predicted octanol–water partition coefficient (Wildman–Crippen LogP) is 3.91. The van der Waals surface area contributed by atoms with E-state index in [4.69, 9.17) is 4.74 Å². The minimum atomic E-state index is -0.520. The molecule has 0 radical (unpaired) electrons. The Morgan fingerprint density at radius 3 is 2.81 bits per heavy atom. The second-order valence-corrected chi connectivity index (χ2v) is 6.17. The zero-order chi connectivity index (χ0) is 17.9. The number of esters is 1. The molecule has 0 aliphatic heterocycles. The van der Waals surface area contributed by atoms with Crippen molar-refractivity contribution in [3.05, 3.63) is 72.4 Å². The lowest BCUT2D eigenvalue weighted by Crippen LogP contribution is -2.33. The monoisotopic (exact) mass is 345 g/mol. The van der Waals surface area contributed by atoms with Crippen LogP contribution in [-0.2, 0) is 16.0 Å². The number of benzene rings is 2. The predicted molar refractivity (Wildman–Crippen MR) is 103 cm³/mol. The van der Waals surface area contributed by atoms with Crippen LogP contribution in [0, 0.1) is 0 Å². The number of carbonyl (C=O) groups is 1. The van der Waals surface area contributed by atoms with Crippen molar-refractivity contribution in [2.75, 3.05) is 12.4 Å². The van der Waals surface area contributed by atoms with E-state index in [1.54, 1.807) is 0 Å². The number of anilines is 1. The first-order valence-electron chi connectivity index (χ1n) is 8.50. The number of fused-ring (bicyclic) bond motifs is 2. The minimum absolute atomic E-state index is 0.315. The number of H-pyrrole nitrogens is 1. The third-order valence-corrected chi connectivity index (χ3v) is 4.51. The summed E-state index contributed by atoms with van der Waals surface area (Å²) in [4.78, 5) is 20.2. The maximum atomic E-state index is 12.3. The maximum Gasteiger partial charge on any atom is 0.328 e. The van der Waals surface area contributed by atoms with Gasteiger partial charge in [0.25, 0.3) is 0 Å². The van der Waals surface area contributed by atoms with Gasteiger partial charge in [-0.3, -0.25) is 0 Å². The maximum absolute atomic E-state index is 12.3. The fourth-order valence-corrected chi connectivity index (χ4v) is 3.18. The highest BCUT2D eigenvalue weighted by atomic mass is 16.5. The molecule has 0 aliphatic rings. The number of carbonyl (C=O) groups excluding carboxylic acids is 1. The van der Waals surface area contributed by atoms with Gasteiger partial charge in [-0.15, -0.1) is 0 Å². The van der Waals surface area contributed by atoms with Crippen LogP contribution >= 0.6 is 0 Å². The Hall–Kier alpha value is -3.34. The number of ether oxygens (including phenoxy) is 1. The highest BCUT2D eigenvalue weighted by Gasteiger charge is 2.21. The zero-order valence-corrected chi connectivity index (χ0v) is 14.4. The summed E-state index contributed by atoms with van der Waals surface area (Å²) in [5.74, 6) is 0.337. The summed E-state index contributed by atoms with van der Waals surface area (Å²) in [6.07, 6.45) is 2.45. The van der Waals surface area contributed by atoms with Gasteiger partial charge in [0.15, 0.2) is 0 Å². The molecule has 26 heavy (non-hydrogen) atoms. The molecule has 0 amide bonds. The molecule has 0 spiro atoms. The second kappa shape index (κ2) is 6.88. The first kappa shape index (κ1) is 16.1. The molecular formula is C21H19N3O2. The van der Waals surface area contributed by atoms with E-state index in [-0.39, 0.29) is 5.97 Å². The van der Waals surface area contributed by atoms with E-state index in [1.807, 2.05) is 66.9 Å². The topological polar surface area (TPSA) is 67.0 Å². The Bertz CT molecular complexity index is 1070. The van der Waals surface area contributed by atoms with Crippen LogP contribution in [0.2, 0.25) is 0 Å². The largest absolute Gasteiger partial charge is 0.467 e. The van der Waals surface area contributed by atoms with Crippen molar-refractivity contribution >= 4 is 33.6 Å². The van der Waals surface area contributed by atoms with Crippen LogP contribution in [0.15, 0.2) is 66.9 Å². The number of nitrogens with one attached hydrogen (secondary N) is 2. The fraction of sp³-hybridized carbons (Fsp3) is 0.143. The van der Waals surface area contributed by atoms with Crippen LogP contribution < -0.4 is 5.32 Å². The Kier molecular flexibility index (Phi) is 4.27. The molecule has 2 aromatic carbocycles.